The fourth-order valence-electron chi connectivity index (χ4n) is 3.00. The first-order valence-electron chi connectivity index (χ1n) is 9.08. The van der Waals surface area contributed by atoms with Crippen LogP contribution in [0.5, 0.6) is 5.75 Å². The topological polar surface area (TPSA) is 93.7 Å². The van der Waals surface area contributed by atoms with Gasteiger partial charge in [-0.05, 0) is 76.9 Å². The molecule has 2 N–H and O–H groups in total. The summed E-state index contributed by atoms with van der Waals surface area (Å²) in [6.07, 6.45) is -4.73. The minimum absolute atomic E-state index is 0.216. The van der Waals surface area contributed by atoms with Gasteiger partial charge in [0.05, 0.1) is 4.90 Å². The van der Waals surface area contributed by atoms with Gasteiger partial charge in [-0.2, -0.15) is 0 Å². The van der Waals surface area contributed by atoms with Gasteiger partial charge in [0.1, 0.15) is 16.7 Å². The van der Waals surface area contributed by atoms with Gasteiger partial charge in [-0.25, -0.2) is 13.2 Å². The van der Waals surface area contributed by atoms with E-state index < -0.39 is 39.0 Å². The first-order chi connectivity index (χ1) is 13.3. The van der Waals surface area contributed by atoms with Crippen molar-refractivity contribution in [3.8, 4) is 5.75 Å². The molecule has 1 unspecified atom stereocenters. The molecule has 1 aliphatic heterocycles. The Kier molecular flexibility index (Phi) is 7.05. The van der Waals surface area contributed by atoms with Crippen molar-refractivity contribution in [2.75, 3.05) is 13.1 Å². The van der Waals surface area contributed by atoms with Crippen LogP contribution in [0.3, 0.4) is 0 Å². The van der Waals surface area contributed by atoms with Gasteiger partial charge in [0.15, 0.2) is 9.84 Å². The monoisotopic (exact) mass is 438 g/mol. The van der Waals surface area contributed by atoms with Crippen LogP contribution in [0.1, 0.15) is 33.6 Å². The number of sulfone groups is 1. The lowest BCUT2D eigenvalue weighted by molar-refractivity contribution is -0.274. The fourth-order valence-corrected chi connectivity index (χ4v) is 4.84. The Morgan fingerprint density at radius 2 is 1.69 bits per heavy atom. The van der Waals surface area contributed by atoms with Crippen LogP contribution in [0, 0.1) is 5.92 Å². The molecule has 1 saturated heterocycles. The summed E-state index contributed by atoms with van der Waals surface area (Å²) in [4.78, 5) is 12.0. The number of benzene rings is 1. The summed E-state index contributed by atoms with van der Waals surface area (Å²) < 4.78 is 72.3. The first kappa shape index (κ1) is 23.3. The third-order valence-electron chi connectivity index (χ3n) is 4.19. The molecule has 0 spiro atoms. The number of nitrogens with one attached hydrogen (secondary N) is 2. The Morgan fingerprint density at radius 3 is 2.17 bits per heavy atom. The van der Waals surface area contributed by atoms with Crippen LogP contribution in [0.2, 0.25) is 0 Å². The molecule has 1 aromatic rings. The van der Waals surface area contributed by atoms with Crippen LogP contribution in [0.15, 0.2) is 29.2 Å². The highest BCUT2D eigenvalue weighted by Crippen LogP contribution is 2.29. The molecule has 7 nitrogen and oxygen atoms in total. The molecule has 2 rings (SSSR count). The van der Waals surface area contributed by atoms with E-state index in [1.807, 2.05) is 0 Å². The predicted octanol–water partition coefficient (Wildman–Crippen LogP) is 3.21. The number of ether oxygens (including phenoxy) is 2. The largest absolute Gasteiger partial charge is 0.573 e. The van der Waals surface area contributed by atoms with E-state index in [0.717, 1.165) is 24.3 Å². The molecule has 11 heteroatoms. The van der Waals surface area contributed by atoms with Crippen LogP contribution in [0.4, 0.5) is 18.0 Å². The Hall–Kier alpha value is -2.01. The molecule has 1 amide bonds. The molecular formula is C18H25F3N2O5S. The van der Waals surface area contributed by atoms with Crippen molar-refractivity contribution in [1.29, 1.82) is 0 Å². The third kappa shape index (κ3) is 7.07. The third-order valence-corrected chi connectivity index (χ3v) is 6.29. The van der Waals surface area contributed by atoms with Gasteiger partial charge in [-0.1, -0.05) is 0 Å². The summed E-state index contributed by atoms with van der Waals surface area (Å²) in [6, 6.07) is 3.91. The number of rotatable bonds is 5. The second-order valence-corrected chi connectivity index (χ2v) is 9.79. The molecule has 1 heterocycles. The molecule has 1 aliphatic rings. The Balaban J connectivity index is 2.28. The van der Waals surface area contributed by atoms with E-state index in [4.69, 9.17) is 4.74 Å². The smallest absolute Gasteiger partial charge is 0.444 e. The van der Waals surface area contributed by atoms with Gasteiger partial charge in [0.2, 0.25) is 0 Å². The van der Waals surface area contributed by atoms with Gasteiger partial charge in [0, 0.05) is 0 Å². The van der Waals surface area contributed by atoms with Crippen LogP contribution in [0.25, 0.3) is 0 Å². The molecule has 0 radical (unpaired) electrons. The lowest BCUT2D eigenvalue weighted by atomic mass is 9.98. The summed E-state index contributed by atoms with van der Waals surface area (Å²) in [5.41, 5.74) is -0.816. The van der Waals surface area contributed by atoms with Gasteiger partial charge >= 0.3 is 12.5 Å². The van der Waals surface area contributed by atoms with E-state index in [1.165, 1.54) is 0 Å². The normalized spacial score (nSPS) is 17.4. The first-order valence-corrected chi connectivity index (χ1v) is 10.6. The zero-order valence-corrected chi connectivity index (χ0v) is 17.2. The summed E-state index contributed by atoms with van der Waals surface area (Å²) in [5.74, 6) is -0.908. The van der Waals surface area contributed by atoms with Crippen molar-refractivity contribution >= 4 is 15.9 Å². The summed E-state index contributed by atoms with van der Waals surface area (Å²) >= 11 is 0. The van der Waals surface area contributed by atoms with Crippen LogP contribution in [-0.2, 0) is 14.6 Å². The Morgan fingerprint density at radius 1 is 1.14 bits per heavy atom. The fraction of sp³-hybridized carbons (Fsp3) is 0.611. The van der Waals surface area contributed by atoms with Gasteiger partial charge in [-0.15, -0.1) is 13.2 Å². The van der Waals surface area contributed by atoms with Crippen molar-refractivity contribution < 1.29 is 35.9 Å². The maximum absolute atomic E-state index is 13.2. The van der Waals surface area contributed by atoms with Crippen molar-refractivity contribution in [2.24, 2.45) is 5.92 Å². The SMILES string of the molecule is CC(C)(C)OC(=O)NC(C1CCNCC1)S(=O)(=O)c1ccc(OC(F)(F)F)cc1. The molecule has 0 bridgehead atoms. The average Bonchev–Trinajstić information content (AvgIpc) is 2.58. The van der Waals surface area contributed by atoms with Crippen LogP contribution >= 0.6 is 0 Å². The van der Waals surface area contributed by atoms with E-state index >= 15 is 0 Å². The van der Waals surface area contributed by atoms with E-state index in [-0.39, 0.29) is 10.8 Å². The number of alkyl halides is 3. The maximum Gasteiger partial charge on any atom is 0.573 e. The highest BCUT2D eigenvalue weighted by Gasteiger charge is 2.38. The van der Waals surface area contributed by atoms with E-state index in [2.05, 4.69) is 15.4 Å². The summed E-state index contributed by atoms with van der Waals surface area (Å²) in [5, 5.41) is 4.30. The highest BCUT2D eigenvalue weighted by molar-refractivity contribution is 7.92. The van der Waals surface area contributed by atoms with Crippen molar-refractivity contribution in [2.45, 2.75) is 55.8 Å². The zero-order chi connectivity index (χ0) is 21.9. The number of alkyl carbamates (subject to hydrolysis) is 1. The number of hydrogen-bond donors (Lipinski definition) is 2. The van der Waals surface area contributed by atoms with Crippen molar-refractivity contribution in [3.05, 3.63) is 24.3 Å². The second kappa shape index (κ2) is 8.78. The summed E-state index contributed by atoms with van der Waals surface area (Å²) in [6.45, 7) is 6.13. The molecule has 1 aromatic carbocycles. The second-order valence-electron chi connectivity index (χ2n) is 7.72. The number of amides is 1. The lowest BCUT2D eigenvalue weighted by Crippen LogP contribution is -2.50. The van der Waals surface area contributed by atoms with E-state index in [0.29, 0.717) is 25.9 Å². The van der Waals surface area contributed by atoms with Crippen molar-refractivity contribution in [3.63, 3.8) is 0 Å². The quantitative estimate of drug-likeness (QED) is 0.733. The Labute approximate surface area is 167 Å². The predicted molar refractivity (Wildman–Crippen MR) is 99.1 cm³/mol. The molecule has 1 atom stereocenters. The molecule has 1 fully saturated rings. The molecule has 0 saturated carbocycles. The van der Waals surface area contributed by atoms with Crippen LogP contribution < -0.4 is 15.4 Å². The minimum atomic E-state index is -4.88. The molecule has 29 heavy (non-hydrogen) atoms. The van der Waals surface area contributed by atoms with Gasteiger partial charge < -0.3 is 20.1 Å². The number of piperidine rings is 1. The number of carbonyl (C=O) groups is 1. The molecule has 0 aliphatic carbocycles. The van der Waals surface area contributed by atoms with Gasteiger partial charge in [0.25, 0.3) is 0 Å². The highest BCUT2D eigenvalue weighted by atomic mass is 32.2. The van der Waals surface area contributed by atoms with Crippen molar-refractivity contribution in [1.82, 2.24) is 10.6 Å². The van der Waals surface area contributed by atoms with E-state index in [1.54, 1.807) is 20.8 Å². The minimum Gasteiger partial charge on any atom is -0.444 e. The number of hydrogen-bond acceptors (Lipinski definition) is 6. The number of carbonyl (C=O) groups excluding carboxylic acids is 1. The maximum atomic E-state index is 13.2. The molecular weight excluding hydrogens is 413 g/mol. The Bertz CT molecular complexity index is 798. The van der Waals surface area contributed by atoms with Gasteiger partial charge in [-0.3, -0.25) is 0 Å². The summed E-state index contributed by atoms with van der Waals surface area (Å²) in [7, 11) is -4.09. The van der Waals surface area contributed by atoms with E-state index in [9.17, 15) is 26.4 Å². The zero-order valence-electron chi connectivity index (χ0n) is 16.4. The van der Waals surface area contributed by atoms with Crippen LogP contribution in [-0.4, -0.2) is 44.9 Å². The standard InChI is InChI=1S/C18H25F3N2O5S/c1-17(2,3)28-16(24)23-15(12-8-10-22-11-9-12)29(25,26)14-6-4-13(5-7-14)27-18(19,20)21/h4-7,12,15,22H,8-11H2,1-3H3,(H,23,24). The average molecular weight is 438 g/mol. The molecule has 0 aromatic heterocycles. The lowest BCUT2D eigenvalue weighted by Gasteiger charge is -2.31. The molecule has 164 valence electrons. The number of halogens is 3.